The van der Waals surface area contributed by atoms with Crippen LogP contribution in [0.5, 0.6) is 5.75 Å². The minimum atomic E-state index is -0.210. The first-order chi connectivity index (χ1) is 11.1. The van der Waals surface area contributed by atoms with E-state index in [4.69, 9.17) is 16.3 Å². The normalized spacial score (nSPS) is 14.9. The summed E-state index contributed by atoms with van der Waals surface area (Å²) in [7, 11) is 1.60. The smallest absolute Gasteiger partial charge is 0.319 e. The standard InChI is InChI=1S/C18H19ClN2O2/c1-23-16-4-2-3-15(11-16)21-17(22)20-12-18(9-10-18)13-5-7-14(19)8-6-13/h2-8,11H,9-10,12H2,1H3,(H2,20,21,22). The molecule has 3 rings (SSSR count). The number of hydrogen-bond acceptors (Lipinski definition) is 2. The molecule has 23 heavy (non-hydrogen) atoms. The molecule has 0 spiro atoms. The van der Waals surface area contributed by atoms with Crippen LogP contribution in [0.3, 0.4) is 0 Å². The van der Waals surface area contributed by atoms with Crippen LogP contribution in [0.2, 0.25) is 5.02 Å². The number of ether oxygens (including phenoxy) is 1. The second-order valence-electron chi connectivity index (χ2n) is 5.83. The molecule has 1 aliphatic rings. The number of amides is 2. The van der Waals surface area contributed by atoms with Crippen molar-refractivity contribution < 1.29 is 9.53 Å². The van der Waals surface area contributed by atoms with Gasteiger partial charge in [0.15, 0.2) is 0 Å². The number of halogens is 1. The second kappa shape index (κ2) is 6.50. The molecule has 0 unspecified atom stereocenters. The summed E-state index contributed by atoms with van der Waals surface area (Å²) in [4.78, 5) is 12.1. The van der Waals surface area contributed by atoms with Gasteiger partial charge in [-0.25, -0.2) is 4.79 Å². The highest BCUT2D eigenvalue weighted by atomic mass is 35.5. The van der Waals surface area contributed by atoms with E-state index in [1.807, 2.05) is 42.5 Å². The van der Waals surface area contributed by atoms with Gasteiger partial charge in [-0.15, -0.1) is 0 Å². The van der Waals surface area contributed by atoms with Crippen molar-refractivity contribution >= 4 is 23.3 Å². The molecule has 5 heteroatoms. The number of anilines is 1. The van der Waals surface area contributed by atoms with Crippen LogP contribution in [0, 0.1) is 0 Å². The molecule has 1 fully saturated rings. The summed E-state index contributed by atoms with van der Waals surface area (Å²) in [5, 5.41) is 6.52. The number of urea groups is 1. The zero-order chi connectivity index (χ0) is 16.3. The van der Waals surface area contributed by atoms with Crippen LogP contribution >= 0.6 is 11.6 Å². The largest absolute Gasteiger partial charge is 0.497 e. The third-order valence-corrected chi connectivity index (χ3v) is 4.48. The Morgan fingerprint density at radius 2 is 1.96 bits per heavy atom. The van der Waals surface area contributed by atoms with E-state index in [0.29, 0.717) is 18.0 Å². The Labute approximate surface area is 140 Å². The number of hydrogen-bond donors (Lipinski definition) is 2. The topological polar surface area (TPSA) is 50.4 Å². The highest BCUT2D eigenvalue weighted by Gasteiger charge is 2.44. The predicted octanol–water partition coefficient (Wildman–Crippen LogP) is 4.20. The quantitative estimate of drug-likeness (QED) is 0.863. The lowest BCUT2D eigenvalue weighted by Gasteiger charge is -2.17. The minimum absolute atomic E-state index is 0.0519. The lowest BCUT2D eigenvalue weighted by Crippen LogP contribution is -2.35. The number of benzene rings is 2. The first-order valence-electron chi connectivity index (χ1n) is 7.56. The van der Waals surface area contributed by atoms with E-state index >= 15 is 0 Å². The SMILES string of the molecule is COc1cccc(NC(=O)NCC2(c3ccc(Cl)cc3)CC2)c1. The monoisotopic (exact) mass is 330 g/mol. The molecular formula is C18H19ClN2O2. The van der Waals surface area contributed by atoms with Gasteiger partial charge in [-0.2, -0.15) is 0 Å². The number of rotatable bonds is 5. The van der Waals surface area contributed by atoms with Gasteiger partial charge in [-0.3, -0.25) is 0 Å². The summed E-state index contributed by atoms with van der Waals surface area (Å²) in [5.41, 5.74) is 1.98. The van der Waals surface area contributed by atoms with E-state index in [9.17, 15) is 4.79 Å². The van der Waals surface area contributed by atoms with Crippen molar-refractivity contribution in [3.63, 3.8) is 0 Å². The van der Waals surface area contributed by atoms with E-state index in [0.717, 1.165) is 17.9 Å². The van der Waals surface area contributed by atoms with Gasteiger partial charge in [0.1, 0.15) is 5.75 Å². The maximum atomic E-state index is 12.1. The van der Waals surface area contributed by atoms with E-state index in [1.54, 1.807) is 13.2 Å². The lowest BCUT2D eigenvalue weighted by molar-refractivity contribution is 0.251. The first-order valence-corrected chi connectivity index (χ1v) is 7.94. The fourth-order valence-corrected chi connectivity index (χ4v) is 2.77. The maximum absolute atomic E-state index is 12.1. The van der Waals surface area contributed by atoms with Gasteiger partial charge < -0.3 is 15.4 Å². The van der Waals surface area contributed by atoms with Crippen molar-refractivity contribution in [2.24, 2.45) is 0 Å². The molecule has 4 nitrogen and oxygen atoms in total. The van der Waals surface area contributed by atoms with Gasteiger partial charge in [0.05, 0.1) is 7.11 Å². The summed E-state index contributed by atoms with van der Waals surface area (Å²) < 4.78 is 5.15. The number of nitrogens with one attached hydrogen (secondary N) is 2. The van der Waals surface area contributed by atoms with E-state index in [1.165, 1.54) is 5.56 Å². The first kappa shape index (κ1) is 15.7. The Bertz CT molecular complexity index is 696. The lowest BCUT2D eigenvalue weighted by atomic mass is 9.96. The molecule has 1 saturated carbocycles. The summed E-state index contributed by atoms with van der Waals surface area (Å²) in [6.07, 6.45) is 2.15. The molecule has 0 aromatic heterocycles. The van der Waals surface area contributed by atoms with Gasteiger partial charge >= 0.3 is 6.03 Å². The number of carbonyl (C=O) groups excluding carboxylic acids is 1. The number of methoxy groups -OCH3 is 1. The summed E-state index contributed by atoms with van der Waals surface area (Å²) >= 11 is 5.93. The van der Waals surface area contributed by atoms with Gasteiger partial charge in [-0.1, -0.05) is 29.8 Å². The Hall–Kier alpha value is -2.20. The van der Waals surface area contributed by atoms with Crippen LogP contribution < -0.4 is 15.4 Å². The van der Waals surface area contributed by atoms with Crippen molar-refractivity contribution in [3.8, 4) is 5.75 Å². The molecule has 2 N–H and O–H groups in total. The van der Waals surface area contributed by atoms with Crippen LogP contribution in [-0.2, 0) is 5.41 Å². The van der Waals surface area contributed by atoms with Crippen molar-refractivity contribution in [1.82, 2.24) is 5.32 Å². The highest BCUT2D eigenvalue weighted by molar-refractivity contribution is 6.30. The number of carbonyl (C=O) groups is 1. The zero-order valence-corrected chi connectivity index (χ0v) is 13.7. The molecular weight excluding hydrogens is 312 g/mol. The van der Waals surface area contributed by atoms with Crippen LogP contribution in [0.25, 0.3) is 0 Å². The third kappa shape index (κ3) is 3.77. The molecule has 0 saturated heterocycles. The summed E-state index contributed by atoms with van der Waals surface area (Å²) in [6.45, 7) is 0.616. The molecule has 2 aromatic rings. The fourth-order valence-electron chi connectivity index (χ4n) is 2.65. The fraction of sp³-hybridized carbons (Fsp3) is 0.278. The van der Waals surface area contributed by atoms with Gasteiger partial charge in [0.25, 0.3) is 0 Å². The van der Waals surface area contributed by atoms with E-state index in [2.05, 4.69) is 10.6 Å². The maximum Gasteiger partial charge on any atom is 0.319 e. The van der Waals surface area contributed by atoms with Gasteiger partial charge in [-0.05, 0) is 42.7 Å². The Balaban J connectivity index is 1.57. The summed E-state index contributed by atoms with van der Waals surface area (Å²) in [5.74, 6) is 0.711. The van der Waals surface area contributed by atoms with Gasteiger partial charge in [0, 0.05) is 28.7 Å². The van der Waals surface area contributed by atoms with E-state index < -0.39 is 0 Å². The third-order valence-electron chi connectivity index (χ3n) is 4.23. The average molecular weight is 331 g/mol. The Morgan fingerprint density at radius 1 is 1.22 bits per heavy atom. The van der Waals surface area contributed by atoms with Crippen LogP contribution in [-0.4, -0.2) is 19.7 Å². The Kier molecular flexibility index (Phi) is 4.44. The van der Waals surface area contributed by atoms with Crippen LogP contribution in [0.4, 0.5) is 10.5 Å². The van der Waals surface area contributed by atoms with Crippen molar-refractivity contribution in [2.45, 2.75) is 18.3 Å². The molecule has 2 aromatic carbocycles. The molecule has 0 bridgehead atoms. The summed E-state index contributed by atoms with van der Waals surface area (Å²) in [6, 6.07) is 14.9. The predicted molar refractivity (Wildman–Crippen MR) is 92.4 cm³/mol. The second-order valence-corrected chi connectivity index (χ2v) is 6.26. The van der Waals surface area contributed by atoms with Crippen LogP contribution in [0.1, 0.15) is 18.4 Å². The van der Waals surface area contributed by atoms with Crippen molar-refractivity contribution in [2.75, 3.05) is 19.0 Å². The van der Waals surface area contributed by atoms with Crippen molar-refractivity contribution in [1.29, 1.82) is 0 Å². The van der Waals surface area contributed by atoms with Crippen LogP contribution in [0.15, 0.2) is 48.5 Å². The molecule has 0 radical (unpaired) electrons. The Morgan fingerprint density at radius 3 is 2.61 bits per heavy atom. The minimum Gasteiger partial charge on any atom is -0.497 e. The average Bonchev–Trinajstić information content (AvgIpc) is 3.35. The molecule has 0 atom stereocenters. The van der Waals surface area contributed by atoms with Gasteiger partial charge in [0.2, 0.25) is 0 Å². The molecule has 0 aliphatic heterocycles. The molecule has 1 aliphatic carbocycles. The highest BCUT2D eigenvalue weighted by Crippen LogP contribution is 2.47. The molecule has 0 heterocycles. The molecule has 120 valence electrons. The van der Waals surface area contributed by atoms with Crippen molar-refractivity contribution in [3.05, 3.63) is 59.1 Å². The zero-order valence-electron chi connectivity index (χ0n) is 12.9. The van der Waals surface area contributed by atoms with E-state index in [-0.39, 0.29) is 11.4 Å². The molecule has 2 amide bonds.